The standard InChI is InChI=1S/C13H12BrClN2O2S/c1-8-3-6-13(9(2)16-8)17-20(18,19)10-4-5-12(15)11(14)7-10/h3-7,17H,1-2H3. The van der Waals surface area contributed by atoms with Crippen molar-refractivity contribution in [2.75, 3.05) is 4.72 Å². The van der Waals surface area contributed by atoms with Crippen molar-refractivity contribution < 1.29 is 8.42 Å². The van der Waals surface area contributed by atoms with Crippen LogP contribution in [0.1, 0.15) is 11.4 Å². The molecule has 1 N–H and O–H groups in total. The lowest BCUT2D eigenvalue weighted by atomic mass is 10.3. The van der Waals surface area contributed by atoms with Gasteiger partial charge in [0, 0.05) is 10.2 Å². The molecule has 0 bridgehead atoms. The highest BCUT2D eigenvalue weighted by molar-refractivity contribution is 9.10. The molecule has 4 nitrogen and oxygen atoms in total. The van der Waals surface area contributed by atoms with Gasteiger partial charge in [0.25, 0.3) is 10.0 Å². The third kappa shape index (κ3) is 3.31. The second-order valence-corrected chi connectivity index (χ2v) is 7.21. The van der Waals surface area contributed by atoms with Gasteiger partial charge in [-0.3, -0.25) is 9.71 Å². The van der Waals surface area contributed by atoms with E-state index in [1.165, 1.54) is 18.2 Å². The number of aromatic nitrogens is 1. The Morgan fingerprint density at radius 3 is 2.50 bits per heavy atom. The minimum atomic E-state index is -3.67. The van der Waals surface area contributed by atoms with E-state index in [4.69, 9.17) is 11.6 Å². The van der Waals surface area contributed by atoms with Crippen LogP contribution in [-0.4, -0.2) is 13.4 Å². The van der Waals surface area contributed by atoms with E-state index in [-0.39, 0.29) is 4.90 Å². The van der Waals surface area contributed by atoms with Gasteiger partial charge in [0.1, 0.15) is 0 Å². The fraction of sp³-hybridized carbons (Fsp3) is 0.154. The number of halogens is 2. The number of anilines is 1. The molecular weight excluding hydrogens is 364 g/mol. The predicted octanol–water partition coefficient (Wildman–Crippen LogP) is 3.92. The van der Waals surface area contributed by atoms with Crippen molar-refractivity contribution >= 4 is 43.2 Å². The van der Waals surface area contributed by atoms with Gasteiger partial charge in [-0.15, -0.1) is 0 Å². The number of hydrogen-bond donors (Lipinski definition) is 1. The van der Waals surface area contributed by atoms with Gasteiger partial charge in [0.05, 0.1) is 21.3 Å². The first-order valence-corrected chi connectivity index (χ1v) is 8.37. The molecule has 1 heterocycles. The second-order valence-electron chi connectivity index (χ2n) is 4.27. The van der Waals surface area contributed by atoms with E-state index < -0.39 is 10.0 Å². The molecule has 20 heavy (non-hydrogen) atoms. The van der Waals surface area contributed by atoms with Crippen LogP contribution in [0, 0.1) is 13.8 Å². The highest BCUT2D eigenvalue weighted by atomic mass is 79.9. The summed E-state index contributed by atoms with van der Waals surface area (Å²) in [7, 11) is -3.67. The molecule has 2 aromatic rings. The van der Waals surface area contributed by atoms with Crippen molar-refractivity contribution in [3.63, 3.8) is 0 Å². The number of rotatable bonds is 3. The molecule has 0 amide bonds. The van der Waals surface area contributed by atoms with Crippen molar-refractivity contribution in [2.45, 2.75) is 18.7 Å². The van der Waals surface area contributed by atoms with Crippen molar-refractivity contribution in [2.24, 2.45) is 0 Å². The minimum absolute atomic E-state index is 0.133. The first-order chi connectivity index (χ1) is 9.29. The maximum atomic E-state index is 12.3. The van der Waals surface area contributed by atoms with Gasteiger partial charge in [-0.25, -0.2) is 8.42 Å². The summed E-state index contributed by atoms with van der Waals surface area (Å²) in [4.78, 5) is 4.36. The highest BCUT2D eigenvalue weighted by Gasteiger charge is 2.16. The smallest absolute Gasteiger partial charge is 0.261 e. The zero-order valence-corrected chi connectivity index (χ0v) is 14.0. The van der Waals surface area contributed by atoms with Crippen LogP contribution >= 0.6 is 27.5 Å². The Balaban J connectivity index is 2.38. The first-order valence-electron chi connectivity index (χ1n) is 5.72. The number of aryl methyl sites for hydroxylation is 2. The number of pyridine rings is 1. The van der Waals surface area contributed by atoms with Crippen molar-refractivity contribution in [1.82, 2.24) is 4.98 Å². The molecule has 0 radical (unpaired) electrons. The van der Waals surface area contributed by atoms with Gasteiger partial charge in [-0.05, 0) is 60.1 Å². The lowest BCUT2D eigenvalue weighted by Gasteiger charge is -2.11. The van der Waals surface area contributed by atoms with Gasteiger partial charge in [0.15, 0.2) is 0 Å². The van der Waals surface area contributed by atoms with Crippen LogP contribution in [0.2, 0.25) is 5.02 Å². The van der Waals surface area contributed by atoms with E-state index in [0.29, 0.717) is 20.9 Å². The molecule has 0 aliphatic carbocycles. The fourth-order valence-electron chi connectivity index (χ4n) is 1.64. The van der Waals surface area contributed by atoms with Crippen LogP contribution in [0.3, 0.4) is 0 Å². The fourth-order valence-corrected chi connectivity index (χ4v) is 3.43. The molecule has 0 saturated carbocycles. The maximum absolute atomic E-state index is 12.3. The largest absolute Gasteiger partial charge is 0.278 e. The van der Waals surface area contributed by atoms with Crippen LogP contribution in [0.5, 0.6) is 0 Å². The lowest BCUT2D eigenvalue weighted by molar-refractivity contribution is 0.601. The minimum Gasteiger partial charge on any atom is -0.278 e. The van der Waals surface area contributed by atoms with Gasteiger partial charge in [0.2, 0.25) is 0 Å². The summed E-state index contributed by atoms with van der Waals surface area (Å²) in [5, 5.41) is 0.456. The normalized spacial score (nSPS) is 11.4. The second kappa shape index (κ2) is 5.71. The van der Waals surface area contributed by atoms with E-state index >= 15 is 0 Å². The molecule has 106 valence electrons. The molecule has 1 aromatic heterocycles. The topological polar surface area (TPSA) is 59.1 Å². The summed E-state index contributed by atoms with van der Waals surface area (Å²) in [5.41, 5.74) is 1.92. The number of nitrogens with zero attached hydrogens (tertiary/aromatic N) is 1. The Morgan fingerprint density at radius 2 is 1.90 bits per heavy atom. The third-order valence-corrected chi connectivity index (χ3v) is 5.25. The summed E-state index contributed by atoms with van der Waals surface area (Å²) in [6.07, 6.45) is 0. The first kappa shape index (κ1) is 15.3. The molecule has 0 atom stereocenters. The molecule has 7 heteroatoms. The summed E-state index contributed by atoms with van der Waals surface area (Å²) < 4.78 is 27.6. The molecule has 0 aliphatic heterocycles. The number of nitrogens with one attached hydrogen (secondary N) is 1. The van der Waals surface area contributed by atoms with Crippen molar-refractivity contribution in [1.29, 1.82) is 0 Å². The monoisotopic (exact) mass is 374 g/mol. The Bertz CT molecular complexity index is 763. The van der Waals surface area contributed by atoms with E-state index in [9.17, 15) is 8.42 Å². The molecule has 0 saturated heterocycles. The maximum Gasteiger partial charge on any atom is 0.261 e. The molecule has 0 aliphatic rings. The van der Waals surface area contributed by atoms with Gasteiger partial charge < -0.3 is 0 Å². The number of benzene rings is 1. The molecule has 0 fully saturated rings. The van der Waals surface area contributed by atoms with Gasteiger partial charge in [-0.2, -0.15) is 0 Å². The Labute approximate surface area is 131 Å². The average molecular weight is 376 g/mol. The molecule has 2 rings (SSSR count). The highest BCUT2D eigenvalue weighted by Crippen LogP contribution is 2.26. The van der Waals surface area contributed by atoms with Crippen molar-refractivity contribution in [3.05, 3.63) is 51.2 Å². The van der Waals surface area contributed by atoms with Crippen LogP contribution < -0.4 is 4.72 Å². The van der Waals surface area contributed by atoms with Crippen LogP contribution in [0.25, 0.3) is 0 Å². The molecule has 0 unspecified atom stereocenters. The number of hydrogen-bond acceptors (Lipinski definition) is 3. The summed E-state index contributed by atoms with van der Waals surface area (Å²) in [6, 6.07) is 7.89. The van der Waals surface area contributed by atoms with E-state index in [0.717, 1.165) is 5.69 Å². The average Bonchev–Trinajstić information content (AvgIpc) is 2.36. The molecule has 0 spiro atoms. The Morgan fingerprint density at radius 1 is 1.20 bits per heavy atom. The van der Waals surface area contributed by atoms with Crippen LogP contribution in [-0.2, 0) is 10.0 Å². The van der Waals surface area contributed by atoms with Crippen molar-refractivity contribution in [3.8, 4) is 0 Å². The summed E-state index contributed by atoms with van der Waals surface area (Å²) >= 11 is 9.07. The number of sulfonamides is 1. The van der Waals surface area contributed by atoms with E-state index in [1.54, 1.807) is 19.1 Å². The zero-order valence-electron chi connectivity index (χ0n) is 10.8. The van der Waals surface area contributed by atoms with E-state index in [1.807, 2.05) is 6.92 Å². The summed E-state index contributed by atoms with van der Waals surface area (Å²) in [5.74, 6) is 0. The van der Waals surface area contributed by atoms with Gasteiger partial charge >= 0.3 is 0 Å². The lowest BCUT2D eigenvalue weighted by Crippen LogP contribution is -2.14. The SMILES string of the molecule is Cc1ccc(NS(=O)(=O)c2ccc(Cl)c(Br)c2)c(C)n1. The zero-order chi connectivity index (χ0) is 14.9. The van der Waals surface area contributed by atoms with Gasteiger partial charge in [-0.1, -0.05) is 11.6 Å². The Kier molecular flexibility index (Phi) is 4.36. The molecule has 1 aromatic carbocycles. The van der Waals surface area contributed by atoms with Crippen LogP contribution in [0.4, 0.5) is 5.69 Å². The quantitative estimate of drug-likeness (QED) is 0.884. The predicted molar refractivity (Wildman–Crippen MR) is 83.7 cm³/mol. The van der Waals surface area contributed by atoms with E-state index in [2.05, 4.69) is 25.6 Å². The summed E-state index contributed by atoms with van der Waals surface area (Å²) in [6.45, 7) is 3.60. The third-order valence-electron chi connectivity index (χ3n) is 2.67. The van der Waals surface area contributed by atoms with Crippen LogP contribution in [0.15, 0.2) is 39.7 Å². The Hall–Kier alpha value is -1.11. The molecular formula is C13H12BrClN2O2S.